The van der Waals surface area contributed by atoms with Gasteiger partial charge in [0.05, 0.1) is 0 Å². The van der Waals surface area contributed by atoms with Crippen molar-refractivity contribution in [2.24, 2.45) is 11.5 Å². The van der Waals surface area contributed by atoms with Crippen LogP contribution in [0.2, 0.25) is 0 Å². The van der Waals surface area contributed by atoms with Crippen molar-refractivity contribution in [3.63, 3.8) is 0 Å². The first-order chi connectivity index (χ1) is 6.81. The second-order valence-electron chi connectivity index (χ2n) is 3.87. The van der Waals surface area contributed by atoms with Crippen LogP contribution >= 0.6 is 0 Å². The highest BCUT2D eigenvalue weighted by Gasteiger charge is 1.91. The minimum atomic E-state index is 0.806. The van der Waals surface area contributed by atoms with Crippen molar-refractivity contribution in [3.8, 4) is 0 Å². The molecule has 0 rings (SSSR count). The Morgan fingerprint density at radius 3 is 2.50 bits per heavy atom. The molecule has 84 valence electrons. The quantitative estimate of drug-likeness (QED) is 0.560. The molecule has 0 bridgehead atoms. The first-order valence-corrected chi connectivity index (χ1v) is 5.95. The van der Waals surface area contributed by atoms with Crippen LogP contribution in [0, 0.1) is 0 Å². The summed E-state index contributed by atoms with van der Waals surface area (Å²) in [5.74, 6) is 0. The Kier molecular flexibility index (Phi) is 10.2. The molecule has 0 saturated heterocycles. The molecule has 0 unspecified atom stereocenters. The Balaban J connectivity index is 3.28. The standard InChI is InChI=1S/C12H26N2/c1-2-3-4-6-9-12(14)10-7-5-8-11-13/h9H,2-8,10-11,13-14H2,1H3. The van der Waals surface area contributed by atoms with Crippen molar-refractivity contribution in [1.29, 1.82) is 0 Å². The van der Waals surface area contributed by atoms with E-state index in [1.54, 1.807) is 0 Å². The fourth-order valence-corrected chi connectivity index (χ4v) is 1.43. The summed E-state index contributed by atoms with van der Waals surface area (Å²) in [5, 5.41) is 0. The van der Waals surface area contributed by atoms with E-state index in [2.05, 4.69) is 13.0 Å². The highest BCUT2D eigenvalue weighted by atomic mass is 14.6. The maximum atomic E-state index is 5.87. The second-order valence-corrected chi connectivity index (χ2v) is 3.87. The molecule has 0 aromatic rings. The van der Waals surface area contributed by atoms with E-state index in [4.69, 9.17) is 11.5 Å². The van der Waals surface area contributed by atoms with Gasteiger partial charge in [0.15, 0.2) is 0 Å². The summed E-state index contributed by atoms with van der Waals surface area (Å²) in [6.07, 6.45) is 11.8. The third-order valence-corrected chi connectivity index (χ3v) is 2.38. The van der Waals surface area contributed by atoms with Crippen LogP contribution in [0.3, 0.4) is 0 Å². The first kappa shape index (κ1) is 13.5. The molecule has 0 fully saturated rings. The van der Waals surface area contributed by atoms with Gasteiger partial charge in [0, 0.05) is 5.70 Å². The van der Waals surface area contributed by atoms with Crippen LogP contribution < -0.4 is 11.5 Å². The van der Waals surface area contributed by atoms with E-state index in [-0.39, 0.29) is 0 Å². The number of rotatable bonds is 9. The summed E-state index contributed by atoms with van der Waals surface area (Å²) in [7, 11) is 0. The topological polar surface area (TPSA) is 52.0 Å². The van der Waals surface area contributed by atoms with Crippen LogP contribution in [-0.2, 0) is 0 Å². The molecule has 2 heteroatoms. The van der Waals surface area contributed by atoms with E-state index >= 15 is 0 Å². The van der Waals surface area contributed by atoms with Crippen LogP contribution in [0.15, 0.2) is 11.8 Å². The second kappa shape index (κ2) is 10.6. The molecule has 0 aliphatic heterocycles. The van der Waals surface area contributed by atoms with Crippen molar-refractivity contribution < 1.29 is 0 Å². The maximum Gasteiger partial charge on any atom is 0.00399 e. The minimum Gasteiger partial charge on any atom is -0.402 e. The number of hydrogen-bond donors (Lipinski definition) is 2. The average Bonchev–Trinajstić information content (AvgIpc) is 2.19. The lowest BCUT2D eigenvalue weighted by Gasteiger charge is -2.01. The van der Waals surface area contributed by atoms with Gasteiger partial charge in [-0.15, -0.1) is 0 Å². The van der Waals surface area contributed by atoms with Gasteiger partial charge in [0.25, 0.3) is 0 Å². The molecular weight excluding hydrogens is 172 g/mol. The highest BCUT2D eigenvalue weighted by Crippen LogP contribution is 2.07. The third kappa shape index (κ3) is 9.59. The lowest BCUT2D eigenvalue weighted by molar-refractivity contribution is 0.675. The van der Waals surface area contributed by atoms with Gasteiger partial charge in [0.1, 0.15) is 0 Å². The molecule has 2 nitrogen and oxygen atoms in total. The fourth-order valence-electron chi connectivity index (χ4n) is 1.43. The molecule has 0 aromatic heterocycles. The van der Waals surface area contributed by atoms with Gasteiger partial charge < -0.3 is 11.5 Å². The summed E-state index contributed by atoms with van der Waals surface area (Å²) in [4.78, 5) is 0. The summed E-state index contributed by atoms with van der Waals surface area (Å²) >= 11 is 0. The molecule has 0 spiro atoms. The molecular formula is C12H26N2. The molecule has 4 N–H and O–H groups in total. The number of allylic oxidation sites excluding steroid dienone is 2. The summed E-state index contributed by atoms with van der Waals surface area (Å²) < 4.78 is 0. The number of hydrogen-bond acceptors (Lipinski definition) is 2. The molecule has 14 heavy (non-hydrogen) atoms. The van der Waals surface area contributed by atoms with Crippen LogP contribution in [0.4, 0.5) is 0 Å². The van der Waals surface area contributed by atoms with Gasteiger partial charge in [-0.1, -0.05) is 32.3 Å². The van der Waals surface area contributed by atoms with Gasteiger partial charge in [0.2, 0.25) is 0 Å². The van der Waals surface area contributed by atoms with Crippen LogP contribution in [0.1, 0.15) is 58.3 Å². The molecule has 0 aliphatic rings. The van der Waals surface area contributed by atoms with Crippen molar-refractivity contribution in [1.82, 2.24) is 0 Å². The predicted octanol–water partition coefficient (Wildman–Crippen LogP) is 2.93. The number of unbranched alkanes of at least 4 members (excludes halogenated alkanes) is 5. The van der Waals surface area contributed by atoms with Gasteiger partial charge in [-0.2, -0.15) is 0 Å². The van der Waals surface area contributed by atoms with E-state index in [0.717, 1.165) is 31.5 Å². The summed E-state index contributed by atoms with van der Waals surface area (Å²) in [5.41, 5.74) is 12.3. The van der Waals surface area contributed by atoms with Crippen molar-refractivity contribution in [3.05, 3.63) is 11.8 Å². The largest absolute Gasteiger partial charge is 0.402 e. The minimum absolute atomic E-state index is 0.806. The first-order valence-electron chi connectivity index (χ1n) is 5.95. The van der Waals surface area contributed by atoms with Crippen molar-refractivity contribution in [2.45, 2.75) is 58.3 Å². The molecule has 0 heterocycles. The van der Waals surface area contributed by atoms with E-state index in [0.29, 0.717) is 0 Å². The van der Waals surface area contributed by atoms with Crippen molar-refractivity contribution >= 4 is 0 Å². The molecule has 0 radical (unpaired) electrons. The zero-order chi connectivity index (χ0) is 10.6. The van der Waals surface area contributed by atoms with Crippen LogP contribution in [0.5, 0.6) is 0 Å². The van der Waals surface area contributed by atoms with E-state index in [1.165, 1.54) is 32.1 Å². The normalized spacial score (nSPS) is 12.0. The van der Waals surface area contributed by atoms with E-state index in [1.807, 2.05) is 0 Å². The highest BCUT2D eigenvalue weighted by molar-refractivity contribution is 4.95. The lowest BCUT2D eigenvalue weighted by atomic mass is 10.1. The van der Waals surface area contributed by atoms with E-state index < -0.39 is 0 Å². The Morgan fingerprint density at radius 2 is 1.86 bits per heavy atom. The fraction of sp³-hybridized carbons (Fsp3) is 0.833. The zero-order valence-corrected chi connectivity index (χ0v) is 9.60. The molecule has 0 saturated carbocycles. The van der Waals surface area contributed by atoms with Gasteiger partial charge in [-0.25, -0.2) is 0 Å². The molecule has 0 amide bonds. The molecule has 0 aromatic carbocycles. The number of nitrogens with two attached hydrogens (primary N) is 2. The average molecular weight is 198 g/mol. The predicted molar refractivity (Wildman–Crippen MR) is 63.9 cm³/mol. The SMILES string of the molecule is CCCCCC=C(N)CCCCCN. The van der Waals surface area contributed by atoms with Crippen LogP contribution in [-0.4, -0.2) is 6.54 Å². The zero-order valence-electron chi connectivity index (χ0n) is 9.60. The van der Waals surface area contributed by atoms with E-state index in [9.17, 15) is 0 Å². The molecule has 0 aliphatic carbocycles. The van der Waals surface area contributed by atoms with Crippen molar-refractivity contribution in [2.75, 3.05) is 6.54 Å². The van der Waals surface area contributed by atoms with Gasteiger partial charge in [-0.3, -0.25) is 0 Å². The smallest absolute Gasteiger partial charge is 0.00399 e. The molecule has 0 atom stereocenters. The summed E-state index contributed by atoms with van der Waals surface area (Å²) in [6.45, 7) is 3.03. The van der Waals surface area contributed by atoms with Gasteiger partial charge in [-0.05, 0) is 38.6 Å². The Bertz CT molecular complexity index is 141. The maximum absolute atomic E-state index is 5.87. The third-order valence-electron chi connectivity index (χ3n) is 2.38. The van der Waals surface area contributed by atoms with Crippen LogP contribution in [0.25, 0.3) is 0 Å². The monoisotopic (exact) mass is 198 g/mol. The summed E-state index contributed by atoms with van der Waals surface area (Å²) in [6, 6.07) is 0. The Morgan fingerprint density at radius 1 is 1.07 bits per heavy atom. The van der Waals surface area contributed by atoms with Gasteiger partial charge >= 0.3 is 0 Å². The lowest BCUT2D eigenvalue weighted by Crippen LogP contribution is -2.00. The Hall–Kier alpha value is -0.500. The Labute approximate surface area is 88.7 Å².